The number of aryl methyl sites for hydroxylation is 2. The minimum absolute atomic E-state index is 0.0615. The fourth-order valence-corrected chi connectivity index (χ4v) is 3.92. The van der Waals surface area contributed by atoms with Gasteiger partial charge < -0.3 is 5.32 Å². The van der Waals surface area contributed by atoms with Gasteiger partial charge in [-0.3, -0.25) is 9.52 Å². The third-order valence-electron chi connectivity index (χ3n) is 4.06. The molecule has 5 nitrogen and oxygen atoms in total. The quantitative estimate of drug-likeness (QED) is 0.688. The maximum atomic E-state index is 12.7. The van der Waals surface area contributed by atoms with Crippen LogP contribution in [0.1, 0.15) is 41.3 Å². The molecule has 0 fully saturated rings. The summed E-state index contributed by atoms with van der Waals surface area (Å²) in [7, 11) is -3.92. The largest absolute Gasteiger partial charge is 0.352 e. The van der Waals surface area contributed by atoms with Crippen LogP contribution >= 0.6 is 11.6 Å². The molecule has 0 aromatic heterocycles. The maximum Gasteiger partial charge on any atom is 0.263 e. The summed E-state index contributed by atoms with van der Waals surface area (Å²) in [6.45, 7) is 6.42. The summed E-state index contributed by atoms with van der Waals surface area (Å²) in [5.74, 6) is -0.322. The number of hydrogen-bond donors (Lipinski definition) is 2. The van der Waals surface area contributed by atoms with Crippen molar-refractivity contribution in [1.82, 2.24) is 5.32 Å². The molecule has 2 N–H and O–H groups in total. The van der Waals surface area contributed by atoms with E-state index in [0.717, 1.165) is 24.0 Å². The molecule has 0 bridgehead atoms. The smallest absolute Gasteiger partial charge is 0.263 e. The first-order valence-corrected chi connectivity index (χ1v) is 10.3. The van der Waals surface area contributed by atoms with Crippen LogP contribution in [0.25, 0.3) is 0 Å². The second kappa shape index (κ2) is 8.56. The Morgan fingerprint density at radius 2 is 1.81 bits per heavy atom. The number of unbranched alkanes of at least 4 members (excludes halogenated alkanes) is 1. The van der Waals surface area contributed by atoms with Crippen LogP contribution < -0.4 is 10.0 Å². The molecule has 0 saturated carbocycles. The molecule has 0 unspecified atom stereocenters. The number of hydrogen-bond acceptors (Lipinski definition) is 3. The Hall–Kier alpha value is -2.05. The summed E-state index contributed by atoms with van der Waals surface area (Å²) in [4.78, 5) is 12.1. The van der Waals surface area contributed by atoms with E-state index in [0.29, 0.717) is 12.2 Å². The number of halogens is 1. The van der Waals surface area contributed by atoms with E-state index in [2.05, 4.69) is 10.0 Å². The number of carbonyl (C=O) groups excluding carboxylic acids is 1. The highest BCUT2D eigenvalue weighted by atomic mass is 35.5. The number of anilines is 1. The van der Waals surface area contributed by atoms with Gasteiger partial charge in [0.25, 0.3) is 15.9 Å². The topological polar surface area (TPSA) is 75.3 Å². The molecule has 2 aromatic rings. The van der Waals surface area contributed by atoms with Crippen LogP contribution in [0.4, 0.5) is 5.69 Å². The van der Waals surface area contributed by atoms with Crippen LogP contribution in [-0.4, -0.2) is 20.9 Å². The summed E-state index contributed by atoms with van der Waals surface area (Å²) in [6, 6.07) is 9.51. The van der Waals surface area contributed by atoms with Crippen LogP contribution in [0.15, 0.2) is 41.3 Å². The van der Waals surface area contributed by atoms with Gasteiger partial charge in [0.15, 0.2) is 0 Å². The monoisotopic (exact) mass is 394 g/mol. The molecule has 2 aromatic carbocycles. The van der Waals surface area contributed by atoms with Gasteiger partial charge in [-0.1, -0.05) is 31.0 Å². The molecule has 1 amide bonds. The number of benzene rings is 2. The first-order chi connectivity index (χ1) is 12.2. The van der Waals surface area contributed by atoms with Crippen LogP contribution in [-0.2, 0) is 10.0 Å². The Balaban J connectivity index is 2.29. The first kappa shape index (κ1) is 20.3. The van der Waals surface area contributed by atoms with Crippen molar-refractivity contribution in [3.05, 3.63) is 58.1 Å². The number of carbonyl (C=O) groups is 1. The Bertz CT molecular complexity index is 911. The van der Waals surface area contributed by atoms with E-state index in [9.17, 15) is 13.2 Å². The maximum absolute atomic E-state index is 12.7. The third kappa shape index (κ3) is 4.99. The molecule has 7 heteroatoms. The summed E-state index contributed by atoms with van der Waals surface area (Å²) in [5.41, 5.74) is 2.74. The molecule has 0 spiro atoms. The molecule has 26 heavy (non-hydrogen) atoms. The van der Waals surface area contributed by atoms with Crippen molar-refractivity contribution in [3.63, 3.8) is 0 Å². The van der Waals surface area contributed by atoms with E-state index in [1.54, 1.807) is 12.1 Å². The van der Waals surface area contributed by atoms with Crippen molar-refractivity contribution in [3.8, 4) is 0 Å². The zero-order valence-corrected chi connectivity index (χ0v) is 16.7. The van der Waals surface area contributed by atoms with Crippen LogP contribution in [0.2, 0.25) is 5.02 Å². The molecule has 0 radical (unpaired) electrons. The highest BCUT2D eigenvalue weighted by Gasteiger charge is 2.20. The standard InChI is InChI=1S/C19H23ClN2O3S/c1-4-5-10-21-19(23)15-7-9-17(20)18(12-15)26(24,25)22-16-8-6-13(2)14(3)11-16/h6-9,11-12,22H,4-5,10H2,1-3H3,(H,21,23). The third-order valence-corrected chi connectivity index (χ3v) is 5.92. The molecule has 140 valence electrons. The lowest BCUT2D eigenvalue weighted by molar-refractivity contribution is 0.0953. The summed E-state index contributed by atoms with van der Waals surface area (Å²) >= 11 is 6.08. The molecule has 0 aliphatic rings. The van der Waals surface area contributed by atoms with Gasteiger partial charge in [-0.05, 0) is 61.7 Å². The number of rotatable bonds is 7. The highest BCUT2D eigenvalue weighted by Crippen LogP contribution is 2.26. The average molecular weight is 395 g/mol. The van der Waals surface area contributed by atoms with E-state index >= 15 is 0 Å². The molecule has 0 aliphatic heterocycles. The first-order valence-electron chi connectivity index (χ1n) is 8.42. The second-order valence-corrected chi connectivity index (χ2v) is 8.22. The normalized spacial score (nSPS) is 11.2. The van der Waals surface area contributed by atoms with Crippen LogP contribution in [0.3, 0.4) is 0 Å². The minimum atomic E-state index is -3.92. The van der Waals surface area contributed by atoms with E-state index in [4.69, 9.17) is 11.6 Å². The van der Waals surface area contributed by atoms with E-state index < -0.39 is 10.0 Å². The van der Waals surface area contributed by atoms with Gasteiger partial charge in [0.05, 0.1) is 5.02 Å². The van der Waals surface area contributed by atoms with Crippen molar-refractivity contribution in [2.24, 2.45) is 0 Å². The number of sulfonamides is 1. The zero-order valence-electron chi connectivity index (χ0n) is 15.1. The lowest BCUT2D eigenvalue weighted by Crippen LogP contribution is -2.24. The van der Waals surface area contributed by atoms with Crippen LogP contribution in [0, 0.1) is 13.8 Å². The van der Waals surface area contributed by atoms with Crippen LogP contribution in [0.5, 0.6) is 0 Å². The van der Waals surface area contributed by atoms with Gasteiger partial charge in [0, 0.05) is 17.8 Å². The Labute approximate surface area is 159 Å². The van der Waals surface area contributed by atoms with E-state index in [-0.39, 0.29) is 21.4 Å². The zero-order chi connectivity index (χ0) is 19.3. The molecular weight excluding hydrogens is 372 g/mol. The van der Waals surface area contributed by atoms with Crippen molar-refractivity contribution in [1.29, 1.82) is 0 Å². The van der Waals surface area contributed by atoms with Gasteiger partial charge >= 0.3 is 0 Å². The summed E-state index contributed by atoms with van der Waals surface area (Å²) < 4.78 is 28.0. The van der Waals surface area contributed by atoms with Gasteiger partial charge in [-0.15, -0.1) is 0 Å². The molecule has 0 aliphatic carbocycles. The Kier molecular flexibility index (Phi) is 6.67. The van der Waals surface area contributed by atoms with Gasteiger partial charge in [-0.2, -0.15) is 0 Å². The predicted octanol–water partition coefficient (Wildman–Crippen LogP) is 4.29. The second-order valence-electron chi connectivity index (χ2n) is 6.16. The molecule has 0 heterocycles. The Morgan fingerprint density at radius 1 is 1.08 bits per heavy atom. The average Bonchev–Trinajstić information content (AvgIpc) is 2.58. The number of amides is 1. The van der Waals surface area contributed by atoms with Gasteiger partial charge in [-0.25, -0.2) is 8.42 Å². The summed E-state index contributed by atoms with van der Waals surface area (Å²) in [6.07, 6.45) is 1.82. The van der Waals surface area contributed by atoms with E-state index in [1.165, 1.54) is 18.2 Å². The number of nitrogens with one attached hydrogen (secondary N) is 2. The Morgan fingerprint density at radius 3 is 2.46 bits per heavy atom. The molecule has 0 atom stereocenters. The van der Waals surface area contributed by atoms with E-state index in [1.807, 2.05) is 26.8 Å². The predicted molar refractivity (Wildman–Crippen MR) is 105 cm³/mol. The van der Waals surface area contributed by atoms with Crippen molar-refractivity contribution in [2.45, 2.75) is 38.5 Å². The minimum Gasteiger partial charge on any atom is -0.352 e. The molecule has 0 saturated heterocycles. The molecule has 2 rings (SSSR count). The summed E-state index contributed by atoms with van der Waals surface area (Å²) in [5, 5.41) is 2.83. The highest BCUT2D eigenvalue weighted by molar-refractivity contribution is 7.92. The lowest BCUT2D eigenvalue weighted by atomic mass is 10.1. The van der Waals surface area contributed by atoms with Crippen molar-refractivity contribution < 1.29 is 13.2 Å². The fraction of sp³-hybridized carbons (Fsp3) is 0.316. The fourth-order valence-electron chi connectivity index (χ4n) is 2.35. The van der Waals surface area contributed by atoms with Crippen molar-refractivity contribution >= 4 is 33.2 Å². The SMILES string of the molecule is CCCCNC(=O)c1ccc(Cl)c(S(=O)(=O)Nc2ccc(C)c(C)c2)c1. The molecular formula is C19H23ClN2O3S. The van der Waals surface area contributed by atoms with Gasteiger partial charge in [0.1, 0.15) is 4.90 Å². The lowest BCUT2D eigenvalue weighted by Gasteiger charge is -2.12. The van der Waals surface area contributed by atoms with Gasteiger partial charge in [0.2, 0.25) is 0 Å². The van der Waals surface area contributed by atoms with Crippen molar-refractivity contribution in [2.75, 3.05) is 11.3 Å².